The average molecular weight is 375 g/mol. The van der Waals surface area contributed by atoms with E-state index in [9.17, 15) is 4.79 Å². The zero-order chi connectivity index (χ0) is 18.5. The van der Waals surface area contributed by atoms with Crippen LogP contribution in [0.1, 0.15) is 27.5 Å². The molecule has 0 spiro atoms. The highest BCUT2D eigenvalue weighted by Crippen LogP contribution is 2.30. The second-order valence-electron chi connectivity index (χ2n) is 6.48. The number of nitrogens with one attached hydrogen (secondary N) is 1. The molecule has 2 heterocycles. The molecule has 0 saturated carbocycles. The number of amides is 1. The second-order valence-corrected chi connectivity index (χ2v) is 7.54. The molecule has 1 aromatic carbocycles. The van der Waals surface area contributed by atoms with E-state index in [1.807, 2.05) is 24.3 Å². The van der Waals surface area contributed by atoms with Crippen molar-refractivity contribution in [3.05, 3.63) is 39.8 Å². The number of hydrogen-bond donors (Lipinski definition) is 1. The van der Waals surface area contributed by atoms with Gasteiger partial charge >= 0.3 is 0 Å². The van der Waals surface area contributed by atoms with Crippen LogP contribution in [0.2, 0.25) is 0 Å². The summed E-state index contributed by atoms with van der Waals surface area (Å²) in [5, 5.41) is 6.18. The Hall–Kier alpha value is -2.12. The number of benzene rings is 1. The molecule has 1 saturated heterocycles. The lowest BCUT2D eigenvalue weighted by molar-refractivity contribution is 0.0786. The molecule has 0 aliphatic carbocycles. The number of rotatable bonds is 7. The average Bonchev–Trinajstić information content (AvgIpc) is 3.28. The van der Waals surface area contributed by atoms with E-state index < -0.39 is 0 Å². The number of thiazole rings is 1. The van der Waals surface area contributed by atoms with Crippen molar-refractivity contribution in [2.45, 2.75) is 20.0 Å². The predicted molar refractivity (Wildman–Crippen MR) is 102 cm³/mol. The van der Waals surface area contributed by atoms with E-state index in [1.165, 1.54) is 0 Å². The first-order valence-electron chi connectivity index (χ1n) is 8.76. The molecule has 3 rings (SSSR count). The van der Waals surface area contributed by atoms with E-state index in [2.05, 4.69) is 10.3 Å². The van der Waals surface area contributed by atoms with Gasteiger partial charge in [-0.2, -0.15) is 0 Å². The van der Waals surface area contributed by atoms with Gasteiger partial charge in [-0.05, 0) is 51.1 Å². The molecule has 6 nitrogen and oxygen atoms in total. The summed E-state index contributed by atoms with van der Waals surface area (Å²) in [4.78, 5) is 19.1. The highest BCUT2D eigenvalue weighted by Gasteiger charge is 2.27. The van der Waals surface area contributed by atoms with Gasteiger partial charge in [-0.15, -0.1) is 11.3 Å². The van der Waals surface area contributed by atoms with E-state index in [-0.39, 0.29) is 5.91 Å². The third kappa shape index (κ3) is 4.34. The summed E-state index contributed by atoms with van der Waals surface area (Å²) in [6, 6.07) is 5.36. The van der Waals surface area contributed by atoms with Gasteiger partial charge in [0, 0.05) is 24.0 Å². The van der Waals surface area contributed by atoms with Crippen molar-refractivity contribution >= 4 is 17.2 Å². The van der Waals surface area contributed by atoms with Gasteiger partial charge in [-0.3, -0.25) is 4.79 Å². The molecule has 140 valence electrons. The summed E-state index contributed by atoms with van der Waals surface area (Å²) in [6.45, 7) is 4.88. The van der Waals surface area contributed by atoms with Gasteiger partial charge in [0.05, 0.1) is 17.8 Å². The molecular formula is C19H25N3O3S. The Morgan fingerprint density at radius 3 is 2.96 bits per heavy atom. The summed E-state index contributed by atoms with van der Waals surface area (Å²) in [5.41, 5.74) is 1.52. The van der Waals surface area contributed by atoms with E-state index in [1.54, 1.807) is 36.6 Å². The Morgan fingerprint density at radius 1 is 1.42 bits per heavy atom. The van der Waals surface area contributed by atoms with Crippen LogP contribution in [0.25, 0.3) is 0 Å². The van der Waals surface area contributed by atoms with Crippen LogP contribution in [0.4, 0.5) is 0 Å². The van der Waals surface area contributed by atoms with Crippen LogP contribution >= 0.6 is 11.3 Å². The lowest BCUT2D eigenvalue weighted by Crippen LogP contribution is -2.30. The molecule has 1 aromatic heterocycles. The lowest BCUT2D eigenvalue weighted by atomic mass is 10.1. The zero-order valence-electron chi connectivity index (χ0n) is 15.4. The summed E-state index contributed by atoms with van der Waals surface area (Å²) < 4.78 is 11.3. The fraction of sp³-hybridized carbons (Fsp3) is 0.474. The molecule has 1 amide bonds. The topological polar surface area (TPSA) is 63.7 Å². The monoisotopic (exact) mass is 375 g/mol. The first kappa shape index (κ1) is 18.7. The number of methoxy groups -OCH3 is 1. The normalized spacial score (nSPS) is 16.7. The van der Waals surface area contributed by atoms with Crippen molar-refractivity contribution in [1.29, 1.82) is 0 Å². The van der Waals surface area contributed by atoms with Crippen molar-refractivity contribution in [2.24, 2.45) is 5.92 Å². The largest absolute Gasteiger partial charge is 0.493 e. The van der Waals surface area contributed by atoms with Crippen LogP contribution in [-0.4, -0.2) is 49.6 Å². The summed E-state index contributed by atoms with van der Waals surface area (Å²) in [5.74, 6) is 1.75. The maximum Gasteiger partial charge on any atom is 0.254 e. The fourth-order valence-corrected chi connectivity index (χ4v) is 3.80. The van der Waals surface area contributed by atoms with Crippen LogP contribution < -0.4 is 14.8 Å². The molecule has 1 N–H and O–H groups in total. The molecular weight excluding hydrogens is 350 g/mol. The molecule has 1 aliphatic heterocycles. The molecule has 26 heavy (non-hydrogen) atoms. The third-order valence-corrected chi connectivity index (χ3v) is 5.34. The lowest BCUT2D eigenvalue weighted by Gasteiger charge is -2.18. The first-order valence-corrected chi connectivity index (χ1v) is 9.64. The smallest absolute Gasteiger partial charge is 0.254 e. The van der Waals surface area contributed by atoms with Crippen molar-refractivity contribution in [3.8, 4) is 11.5 Å². The molecule has 7 heteroatoms. The van der Waals surface area contributed by atoms with Gasteiger partial charge in [-0.1, -0.05) is 0 Å². The van der Waals surface area contributed by atoms with Crippen LogP contribution in [0.3, 0.4) is 0 Å². The van der Waals surface area contributed by atoms with Gasteiger partial charge in [0.2, 0.25) is 0 Å². The Balaban J connectivity index is 1.67. The van der Waals surface area contributed by atoms with Gasteiger partial charge < -0.3 is 19.7 Å². The second kappa shape index (κ2) is 8.51. The van der Waals surface area contributed by atoms with Gasteiger partial charge in [-0.25, -0.2) is 4.98 Å². The molecule has 1 atom stereocenters. The molecule has 2 aromatic rings. The molecule has 0 radical (unpaired) electrons. The Morgan fingerprint density at radius 2 is 2.27 bits per heavy atom. The third-order valence-electron chi connectivity index (χ3n) is 4.52. The Bertz CT molecular complexity index is 762. The van der Waals surface area contributed by atoms with Crippen molar-refractivity contribution < 1.29 is 14.3 Å². The number of aryl methyl sites for hydroxylation is 1. The summed E-state index contributed by atoms with van der Waals surface area (Å²) in [7, 11) is 3.53. The number of carbonyl (C=O) groups excluding carboxylic acids is 1. The molecule has 1 fully saturated rings. The maximum atomic E-state index is 12.8. The van der Waals surface area contributed by atoms with Gasteiger partial charge in [0.15, 0.2) is 11.5 Å². The van der Waals surface area contributed by atoms with Gasteiger partial charge in [0.25, 0.3) is 5.91 Å². The predicted octanol–water partition coefficient (Wildman–Crippen LogP) is 2.72. The maximum absolute atomic E-state index is 12.8. The molecule has 1 aliphatic rings. The number of carbonyl (C=O) groups is 1. The number of ether oxygens (including phenoxy) is 2. The zero-order valence-corrected chi connectivity index (χ0v) is 16.3. The van der Waals surface area contributed by atoms with Gasteiger partial charge in [0.1, 0.15) is 6.61 Å². The SMILES string of the molecule is CNCC1CCN(C(=O)c2ccc(OCc3csc(C)n3)c(OC)c2)C1. The van der Waals surface area contributed by atoms with E-state index >= 15 is 0 Å². The molecule has 0 bridgehead atoms. The Labute approximate surface area is 158 Å². The first-order chi connectivity index (χ1) is 12.6. The minimum Gasteiger partial charge on any atom is -0.493 e. The van der Waals surface area contributed by atoms with Crippen molar-refractivity contribution in [2.75, 3.05) is 33.8 Å². The minimum absolute atomic E-state index is 0.0450. The highest BCUT2D eigenvalue weighted by molar-refractivity contribution is 7.09. The van der Waals surface area contributed by atoms with Crippen molar-refractivity contribution in [3.63, 3.8) is 0 Å². The van der Waals surface area contributed by atoms with Crippen LogP contribution in [-0.2, 0) is 6.61 Å². The number of hydrogen-bond acceptors (Lipinski definition) is 6. The fourth-order valence-electron chi connectivity index (χ4n) is 3.20. The Kier molecular flexibility index (Phi) is 6.11. The van der Waals surface area contributed by atoms with Crippen molar-refractivity contribution in [1.82, 2.24) is 15.2 Å². The highest BCUT2D eigenvalue weighted by atomic mass is 32.1. The summed E-state index contributed by atoms with van der Waals surface area (Å²) in [6.07, 6.45) is 1.04. The van der Waals surface area contributed by atoms with E-state index in [0.29, 0.717) is 29.6 Å². The number of aromatic nitrogens is 1. The number of nitrogens with zero attached hydrogens (tertiary/aromatic N) is 2. The standard InChI is InChI=1S/C19H25N3O3S/c1-13-21-16(12-26-13)11-25-17-5-4-15(8-18(17)24-3)19(23)22-7-6-14(10-22)9-20-2/h4-5,8,12,14,20H,6-7,9-11H2,1-3H3. The van der Waals surface area contributed by atoms with Crippen LogP contribution in [0.15, 0.2) is 23.6 Å². The quantitative estimate of drug-likeness (QED) is 0.806. The minimum atomic E-state index is 0.0450. The number of likely N-dealkylation sites (tertiary alicyclic amines) is 1. The summed E-state index contributed by atoms with van der Waals surface area (Å²) >= 11 is 1.60. The van der Waals surface area contributed by atoms with Crippen LogP contribution in [0.5, 0.6) is 11.5 Å². The molecule has 1 unspecified atom stereocenters. The van der Waals surface area contributed by atoms with E-state index in [4.69, 9.17) is 9.47 Å². The van der Waals surface area contributed by atoms with E-state index in [0.717, 1.165) is 36.8 Å². The van der Waals surface area contributed by atoms with Crippen LogP contribution in [0, 0.1) is 12.8 Å².